The maximum absolute atomic E-state index is 4.54. The van der Waals surface area contributed by atoms with Gasteiger partial charge in [-0.3, -0.25) is 0 Å². The lowest BCUT2D eigenvalue weighted by atomic mass is 10.1. The van der Waals surface area contributed by atoms with Crippen LogP contribution in [-0.4, -0.2) is 22.7 Å². The molecule has 0 N–H and O–H groups in total. The molecule has 18 heavy (non-hydrogen) atoms. The van der Waals surface area contributed by atoms with Crippen molar-refractivity contribution in [2.45, 2.75) is 26.2 Å². The smallest absolute Gasteiger partial charge is 0.158 e. The zero-order valence-electron chi connectivity index (χ0n) is 10.8. The van der Waals surface area contributed by atoms with E-state index < -0.39 is 0 Å². The fraction of sp³-hybridized carbons (Fsp3) is 0.400. The second-order valence-electron chi connectivity index (χ2n) is 4.92. The lowest BCUT2D eigenvalue weighted by molar-refractivity contribution is 0.481. The van der Waals surface area contributed by atoms with Crippen LogP contribution in [0.1, 0.15) is 24.8 Å². The van der Waals surface area contributed by atoms with Crippen LogP contribution in [0.3, 0.4) is 0 Å². The molecular formula is C15H19N3. The Hall–Kier alpha value is -1.77. The summed E-state index contributed by atoms with van der Waals surface area (Å²) in [6, 6.07) is 8.45. The molecule has 2 aromatic rings. The molecule has 1 aromatic carbocycles. The quantitative estimate of drug-likeness (QED) is 0.806. The SMILES string of the molecule is Cc1ccccc1-c1nccn1N1CCCCC1. The van der Waals surface area contributed by atoms with E-state index in [0.29, 0.717) is 0 Å². The number of imidazole rings is 1. The molecule has 0 amide bonds. The number of hydrogen-bond donors (Lipinski definition) is 0. The second kappa shape index (κ2) is 4.84. The van der Waals surface area contributed by atoms with Crippen molar-refractivity contribution in [2.24, 2.45) is 0 Å². The molecule has 1 saturated heterocycles. The summed E-state index contributed by atoms with van der Waals surface area (Å²) in [4.78, 5) is 4.54. The van der Waals surface area contributed by atoms with Crippen molar-refractivity contribution in [3.05, 3.63) is 42.2 Å². The highest BCUT2D eigenvalue weighted by Crippen LogP contribution is 2.22. The molecule has 0 aliphatic carbocycles. The van der Waals surface area contributed by atoms with Gasteiger partial charge in [0, 0.05) is 31.0 Å². The summed E-state index contributed by atoms with van der Waals surface area (Å²) in [5, 5.41) is 2.40. The zero-order valence-corrected chi connectivity index (χ0v) is 10.8. The predicted molar refractivity (Wildman–Crippen MR) is 74.2 cm³/mol. The second-order valence-corrected chi connectivity index (χ2v) is 4.92. The van der Waals surface area contributed by atoms with E-state index in [9.17, 15) is 0 Å². The van der Waals surface area contributed by atoms with E-state index in [1.165, 1.54) is 30.4 Å². The van der Waals surface area contributed by atoms with Crippen LogP contribution in [-0.2, 0) is 0 Å². The Bertz CT molecular complexity index is 524. The molecular weight excluding hydrogens is 222 g/mol. The first-order valence-electron chi connectivity index (χ1n) is 6.71. The van der Waals surface area contributed by atoms with Gasteiger partial charge < -0.3 is 5.01 Å². The Morgan fingerprint density at radius 3 is 2.61 bits per heavy atom. The normalized spacial score (nSPS) is 15.9. The Labute approximate surface area is 108 Å². The maximum Gasteiger partial charge on any atom is 0.158 e. The molecule has 1 aromatic heterocycles. The van der Waals surface area contributed by atoms with E-state index in [1.807, 2.05) is 6.20 Å². The van der Waals surface area contributed by atoms with Gasteiger partial charge in [-0.2, -0.15) is 0 Å². The number of hydrogen-bond acceptors (Lipinski definition) is 2. The number of aryl methyl sites for hydroxylation is 1. The molecule has 0 spiro atoms. The van der Waals surface area contributed by atoms with Gasteiger partial charge in [0.25, 0.3) is 0 Å². The molecule has 94 valence electrons. The lowest BCUT2D eigenvalue weighted by Gasteiger charge is -2.30. The molecule has 1 aliphatic heterocycles. The van der Waals surface area contributed by atoms with Crippen molar-refractivity contribution in [3.8, 4) is 11.4 Å². The van der Waals surface area contributed by atoms with E-state index in [0.717, 1.165) is 18.9 Å². The maximum atomic E-state index is 4.54. The fourth-order valence-electron chi connectivity index (χ4n) is 2.63. The van der Waals surface area contributed by atoms with Crippen molar-refractivity contribution in [1.29, 1.82) is 0 Å². The molecule has 0 radical (unpaired) electrons. The number of benzene rings is 1. The molecule has 3 nitrogen and oxygen atoms in total. The van der Waals surface area contributed by atoms with Crippen LogP contribution in [0.2, 0.25) is 0 Å². The highest BCUT2D eigenvalue weighted by molar-refractivity contribution is 5.60. The summed E-state index contributed by atoms with van der Waals surface area (Å²) in [5.74, 6) is 1.06. The molecule has 2 heterocycles. The van der Waals surface area contributed by atoms with Crippen molar-refractivity contribution < 1.29 is 0 Å². The van der Waals surface area contributed by atoms with E-state index in [4.69, 9.17) is 0 Å². The number of nitrogens with zero attached hydrogens (tertiary/aromatic N) is 3. The first-order chi connectivity index (χ1) is 8.86. The number of piperidine rings is 1. The minimum Gasteiger partial charge on any atom is -0.311 e. The summed E-state index contributed by atoms with van der Waals surface area (Å²) >= 11 is 0. The van der Waals surface area contributed by atoms with Crippen LogP contribution < -0.4 is 5.01 Å². The molecule has 0 atom stereocenters. The first-order valence-corrected chi connectivity index (χ1v) is 6.71. The Kier molecular flexibility index (Phi) is 3.05. The topological polar surface area (TPSA) is 21.1 Å². The average Bonchev–Trinajstić information content (AvgIpc) is 2.89. The van der Waals surface area contributed by atoms with Gasteiger partial charge in [-0.25, -0.2) is 9.66 Å². The van der Waals surface area contributed by atoms with Crippen LogP contribution in [0.4, 0.5) is 0 Å². The third-order valence-corrected chi connectivity index (χ3v) is 3.64. The number of aromatic nitrogens is 2. The van der Waals surface area contributed by atoms with Crippen LogP contribution >= 0.6 is 0 Å². The Balaban J connectivity index is 1.98. The molecule has 0 saturated carbocycles. The third-order valence-electron chi connectivity index (χ3n) is 3.64. The first kappa shape index (κ1) is 11.3. The van der Waals surface area contributed by atoms with Gasteiger partial charge in [0.2, 0.25) is 0 Å². The van der Waals surface area contributed by atoms with Crippen molar-refractivity contribution in [2.75, 3.05) is 18.1 Å². The Morgan fingerprint density at radius 1 is 1.06 bits per heavy atom. The van der Waals surface area contributed by atoms with Gasteiger partial charge in [0.1, 0.15) is 0 Å². The average molecular weight is 241 g/mol. The van der Waals surface area contributed by atoms with Gasteiger partial charge in [0.15, 0.2) is 5.82 Å². The zero-order chi connectivity index (χ0) is 12.4. The highest BCUT2D eigenvalue weighted by atomic mass is 15.6. The van der Waals surface area contributed by atoms with Crippen LogP contribution in [0.25, 0.3) is 11.4 Å². The van der Waals surface area contributed by atoms with Crippen LogP contribution in [0.15, 0.2) is 36.7 Å². The van der Waals surface area contributed by atoms with Crippen LogP contribution in [0, 0.1) is 6.92 Å². The molecule has 3 heteroatoms. The minimum absolute atomic E-state index is 1.06. The predicted octanol–water partition coefficient (Wildman–Crippen LogP) is 2.98. The summed E-state index contributed by atoms with van der Waals surface area (Å²) in [6.45, 7) is 4.41. The third kappa shape index (κ3) is 2.01. The van der Waals surface area contributed by atoms with E-state index in [2.05, 4.69) is 52.1 Å². The monoisotopic (exact) mass is 241 g/mol. The molecule has 1 aliphatic rings. The molecule has 1 fully saturated rings. The van der Waals surface area contributed by atoms with Gasteiger partial charge in [-0.15, -0.1) is 0 Å². The molecule has 0 bridgehead atoms. The number of rotatable bonds is 2. The minimum atomic E-state index is 1.06. The van der Waals surface area contributed by atoms with E-state index in [1.54, 1.807) is 0 Å². The van der Waals surface area contributed by atoms with E-state index in [-0.39, 0.29) is 0 Å². The van der Waals surface area contributed by atoms with Crippen LogP contribution in [0.5, 0.6) is 0 Å². The summed E-state index contributed by atoms with van der Waals surface area (Å²) in [7, 11) is 0. The standard InChI is InChI=1S/C15H19N3/c1-13-7-3-4-8-14(13)15-16-9-12-18(15)17-10-5-2-6-11-17/h3-4,7-9,12H,2,5-6,10-11H2,1H3. The van der Waals surface area contributed by atoms with Crippen molar-refractivity contribution in [1.82, 2.24) is 9.66 Å². The van der Waals surface area contributed by atoms with Gasteiger partial charge in [0.05, 0.1) is 0 Å². The summed E-state index contributed by atoms with van der Waals surface area (Å²) < 4.78 is 2.22. The van der Waals surface area contributed by atoms with Crippen molar-refractivity contribution in [3.63, 3.8) is 0 Å². The largest absolute Gasteiger partial charge is 0.311 e. The molecule has 3 rings (SSSR count). The van der Waals surface area contributed by atoms with Crippen molar-refractivity contribution >= 4 is 0 Å². The molecule has 0 unspecified atom stereocenters. The Morgan fingerprint density at radius 2 is 1.83 bits per heavy atom. The highest BCUT2D eigenvalue weighted by Gasteiger charge is 2.15. The van der Waals surface area contributed by atoms with Gasteiger partial charge in [-0.1, -0.05) is 24.3 Å². The van der Waals surface area contributed by atoms with Gasteiger partial charge >= 0.3 is 0 Å². The fourth-order valence-corrected chi connectivity index (χ4v) is 2.63. The summed E-state index contributed by atoms with van der Waals surface area (Å²) in [5.41, 5.74) is 2.51. The lowest BCUT2D eigenvalue weighted by Crippen LogP contribution is -2.39. The van der Waals surface area contributed by atoms with E-state index >= 15 is 0 Å². The summed E-state index contributed by atoms with van der Waals surface area (Å²) in [6.07, 6.45) is 7.89. The van der Waals surface area contributed by atoms with Gasteiger partial charge in [-0.05, 0) is 31.7 Å².